The van der Waals surface area contributed by atoms with Crippen LogP contribution in [0.2, 0.25) is 0 Å². The number of sulfonamides is 1. The first-order valence-electron chi connectivity index (χ1n) is 6.26. The molecule has 0 amide bonds. The Bertz CT molecular complexity index is 553. The van der Waals surface area contributed by atoms with Crippen molar-refractivity contribution in [1.29, 1.82) is 0 Å². The molecule has 2 fully saturated rings. The van der Waals surface area contributed by atoms with Gasteiger partial charge in [0.05, 0.1) is 0 Å². The minimum absolute atomic E-state index is 0.501. The molecule has 6 heteroatoms. The Morgan fingerprint density at radius 1 is 1.28 bits per heavy atom. The highest BCUT2D eigenvalue weighted by Crippen LogP contribution is 2.34. The molecule has 1 aromatic heterocycles. The predicted octanol–water partition coefficient (Wildman–Crippen LogP) is 1.20. The molecule has 1 N–H and O–H groups in total. The first-order valence-corrected chi connectivity index (χ1v) is 8.52. The summed E-state index contributed by atoms with van der Waals surface area (Å²) in [5.41, 5.74) is 0.882. The zero-order chi connectivity index (χ0) is 12.9. The largest absolute Gasteiger partial charge is 0.316 e. The highest BCUT2D eigenvalue weighted by molar-refractivity contribution is 7.91. The Labute approximate surface area is 112 Å². The van der Waals surface area contributed by atoms with Crippen molar-refractivity contribution in [2.75, 3.05) is 26.2 Å². The lowest BCUT2D eigenvalue weighted by atomic mass is 10.0. The molecule has 0 unspecified atom stereocenters. The fraction of sp³-hybridized carbons (Fsp3) is 0.667. The van der Waals surface area contributed by atoms with E-state index in [-0.39, 0.29) is 0 Å². The van der Waals surface area contributed by atoms with Crippen molar-refractivity contribution in [1.82, 2.24) is 9.62 Å². The summed E-state index contributed by atoms with van der Waals surface area (Å²) in [5.74, 6) is 1.00. The van der Waals surface area contributed by atoms with Crippen molar-refractivity contribution in [3.63, 3.8) is 0 Å². The van der Waals surface area contributed by atoms with Gasteiger partial charge in [-0.15, -0.1) is 11.3 Å². The van der Waals surface area contributed by atoms with Gasteiger partial charge >= 0.3 is 0 Å². The van der Waals surface area contributed by atoms with E-state index in [9.17, 15) is 8.42 Å². The normalized spacial score (nSPS) is 28.8. The van der Waals surface area contributed by atoms with E-state index in [0.717, 1.165) is 23.5 Å². The SMILES string of the molecule is Cc1cc(C)c(S(=O)(=O)N2C[C@H]3CNC[C@H]3C2)s1. The van der Waals surface area contributed by atoms with Crippen LogP contribution in [0.25, 0.3) is 0 Å². The van der Waals surface area contributed by atoms with Gasteiger partial charge in [0.15, 0.2) is 0 Å². The van der Waals surface area contributed by atoms with Gasteiger partial charge in [0.1, 0.15) is 4.21 Å². The van der Waals surface area contributed by atoms with Gasteiger partial charge in [-0.3, -0.25) is 0 Å². The molecule has 0 bridgehead atoms. The van der Waals surface area contributed by atoms with Crippen LogP contribution in [0.3, 0.4) is 0 Å². The average Bonchev–Trinajstić information content (AvgIpc) is 2.90. The molecule has 2 saturated heterocycles. The van der Waals surface area contributed by atoms with Crippen LogP contribution >= 0.6 is 11.3 Å². The van der Waals surface area contributed by atoms with Gasteiger partial charge in [0, 0.05) is 18.0 Å². The van der Waals surface area contributed by atoms with Gasteiger partial charge in [-0.1, -0.05) is 0 Å². The summed E-state index contributed by atoms with van der Waals surface area (Å²) < 4.78 is 27.4. The number of nitrogens with zero attached hydrogens (tertiary/aromatic N) is 1. The monoisotopic (exact) mass is 286 g/mol. The fourth-order valence-corrected chi connectivity index (χ4v) is 6.36. The van der Waals surface area contributed by atoms with Crippen LogP contribution in [-0.2, 0) is 10.0 Å². The first-order chi connectivity index (χ1) is 8.48. The van der Waals surface area contributed by atoms with E-state index in [1.165, 1.54) is 11.3 Å². The molecule has 3 rings (SSSR count). The molecular weight excluding hydrogens is 268 g/mol. The zero-order valence-corrected chi connectivity index (χ0v) is 12.3. The Morgan fingerprint density at radius 2 is 1.89 bits per heavy atom. The highest BCUT2D eigenvalue weighted by atomic mass is 32.2. The van der Waals surface area contributed by atoms with E-state index in [0.29, 0.717) is 29.1 Å². The first kappa shape index (κ1) is 12.6. The third kappa shape index (κ3) is 1.91. The Balaban J connectivity index is 1.90. The minimum atomic E-state index is -3.27. The lowest BCUT2D eigenvalue weighted by Crippen LogP contribution is -2.31. The van der Waals surface area contributed by atoms with Gasteiger partial charge in [-0.2, -0.15) is 4.31 Å². The number of rotatable bonds is 2. The molecule has 2 aliphatic heterocycles. The number of thiophene rings is 1. The minimum Gasteiger partial charge on any atom is -0.316 e. The molecule has 3 heterocycles. The fourth-order valence-electron chi connectivity index (χ4n) is 3.00. The molecule has 2 aliphatic rings. The van der Waals surface area contributed by atoms with Gasteiger partial charge in [0.25, 0.3) is 10.0 Å². The van der Waals surface area contributed by atoms with Crippen molar-refractivity contribution in [2.24, 2.45) is 11.8 Å². The Hall–Kier alpha value is -0.430. The smallest absolute Gasteiger partial charge is 0.252 e. The summed E-state index contributed by atoms with van der Waals surface area (Å²) in [5, 5.41) is 3.33. The van der Waals surface area contributed by atoms with Crippen LogP contribution in [0.1, 0.15) is 10.4 Å². The maximum absolute atomic E-state index is 12.6. The van der Waals surface area contributed by atoms with Crippen molar-refractivity contribution in [2.45, 2.75) is 18.1 Å². The van der Waals surface area contributed by atoms with Crippen LogP contribution in [0.4, 0.5) is 0 Å². The molecule has 2 atom stereocenters. The van der Waals surface area contributed by atoms with E-state index in [1.54, 1.807) is 4.31 Å². The number of fused-ring (bicyclic) bond motifs is 1. The molecule has 0 saturated carbocycles. The summed E-state index contributed by atoms with van der Waals surface area (Å²) in [7, 11) is -3.27. The molecule has 0 aliphatic carbocycles. The van der Waals surface area contributed by atoms with Crippen LogP contribution in [0.5, 0.6) is 0 Å². The molecule has 1 aromatic rings. The Morgan fingerprint density at radius 3 is 2.39 bits per heavy atom. The molecule has 18 heavy (non-hydrogen) atoms. The summed E-state index contributed by atoms with van der Waals surface area (Å²) in [4.78, 5) is 1.06. The Kier molecular flexibility index (Phi) is 3.01. The topological polar surface area (TPSA) is 49.4 Å². The van der Waals surface area contributed by atoms with E-state index in [4.69, 9.17) is 0 Å². The average molecular weight is 286 g/mol. The number of hydrogen-bond donors (Lipinski definition) is 1. The van der Waals surface area contributed by atoms with E-state index >= 15 is 0 Å². The van der Waals surface area contributed by atoms with Gasteiger partial charge in [-0.05, 0) is 50.4 Å². The van der Waals surface area contributed by atoms with Crippen LogP contribution in [0.15, 0.2) is 10.3 Å². The maximum Gasteiger partial charge on any atom is 0.252 e. The second-order valence-electron chi connectivity index (χ2n) is 5.33. The van der Waals surface area contributed by atoms with Gasteiger partial charge in [-0.25, -0.2) is 8.42 Å². The second-order valence-corrected chi connectivity index (χ2v) is 8.72. The van der Waals surface area contributed by atoms with Crippen molar-refractivity contribution >= 4 is 21.4 Å². The lowest BCUT2D eigenvalue weighted by molar-refractivity contribution is 0.449. The number of aryl methyl sites for hydroxylation is 2. The molecule has 0 radical (unpaired) electrons. The van der Waals surface area contributed by atoms with E-state index < -0.39 is 10.0 Å². The molecule has 100 valence electrons. The number of nitrogens with one attached hydrogen (secondary N) is 1. The van der Waals surface area contributed by atoms with Gasteiger partial charge < -0.3 is 5.32 Å². The lowest BCUT2D eigenvalue weighted by Gasteiger charge is -2.16. The van der Waals surface area contributed by atoms with Crippen LogP contribution in [-0.4, -0.2) is 38.9 Å². The molecule has 0 aromatic carbocycles. The van der Waals surface area contributed by atoms with Crippen molar-refractivity contribution in [3.8, 4) is 0 Å². The second kappa shape index (κ2) is 4.30. The summed E-state index contributed by atoms with van der Waals surface area (Å²) >= 11 is 1.39. The molecular formula is C12H18N2O2S2. The third-order valence-electron chi connectivity index (χ3n) is 3.93. The third-order valence-corrected chi connectivity index (χ3v) is 7.52. The van der Waals surface area contributed by atoms with Gasteiger partial charge in [0.2, 0.25) is 0 Å². The standard InChI is InChI=1S/C12H18N2O2S2/c1-8-3-9(2)17-12(8)18(15,16)14-6-10-4-13-5-11(10)7-14/h3,10-11,13H,4-7H2,1-2H3/t10-,11+. The maximum atomic E-state index is 12.6. The van der Waals surface area contributed by atoms with Crippen LogP contribution < -0.4 is 5.32 Å². The summed E-state index contributed by atoms with van der Waals surface area (Å²) in [6, 6.07) is 1.95. The van der Waals surface area contributed by atoms with Crippen molar-refractivity contribution < 1.29 is 8.42 Å². The summed E-state index contributed by atoms with van der Waals surface area (Å²) in [6.07, 6.45) is 0. The number of hydrogen-bond acceptors (Lipinski definition) is 4. The molecule has 0 spiro atoms. The van der Waals surface area contributed by atoms with E-state index in [1.807, 2.05) is 19.9 Å². The quantitative estimate of drug-likeness (QED) is 0.889. The van der Waals surface area contributed by atoms with Crippen LogP contribution in [0, 0.1) is 25.7 Å². The predicted molar refractivity (Wildman–Crippen MR) is 72.4 cm³/mol. The van der Waals surface area contributed by atoms with E-state index in [2.05, 4.69) is 5.32 Å². The highest BCUT2D eigenvalue weighted by Gasteiger charge is 2.42. The summed E-state index contributed by atoms with van der Waals surface area (Å²) in [6.45, 7) is 7.11. The van der Waals surface area contributed by atoms with Crippen molar-refractivity contribution in [3.05, 3.63) is 16.5 Å². The molecule has 4 nitrogen and oxygen atoms in total. The zero-order valence-electron chi connectivity index (χ0n) is 10.6.